The molecule has 0 saturated carbocycles. The number of hydrogen-bond acceptors (Lipinski definition) is 4. The highest BCUT2D eigenvalue weighted by atomic mass is 16.2. The second kappa shape index (κ2) is 6.20. The molecule has 2 aliphatic heterocycles. The fourth-order valence-corrected chi connectivity index (χ4v) is 3.90. The summed E-state index contributed by atoms with van der Waals surface area (Å²) in [6.45, 7) is 10.1. The van der Waals surface area contributed by atoms with Crippen LogP contribution in [-0.4, -0.2) is 55.4 Å². The van der Waals surface area contributed by atoms with E-state index in [4.69, 9.17) is 0 Å². The Balaban J connectivity index is 2.05. The molecule has 0 bridgehead atoms. The Labute approximate surface area is 144 Å². The van der Waals surface area contributed by atoms with Gasteiger partial charge >= 0.3 is 0 Å². The zero-order valence-corrected chi connectivity index (χ0v) is 15.3. The van der Waals surface area contributed by atoms with Crippen molar-refractivity contribution < 1.29 is 9.59 Å². The topological polar surface area (TPSA) is 43.9 Å². The summed E-state index contributed by atoms with van der Waals surface area (Å²) in [5.74, 6) is 0.156. The number of benzene rings is 1. The maximum absolute atomic E-state index is 12.2. The van der Waals surface area contributed by atoms with Crippen molar-refractivity contribution in [2.45, 2.75) is 46.2 Å². The minimum absolute atomic E-state index is 0.0652. The number of nitrogens with zero attached hydrogens (tertiary/aromatic N) is 3. The fraction of sp³-hybridized carbons (Fsp3) is 0.579. The van der Waals surface area contributed by atoms with E-state index in [2.05, 4.69) is 36.8 Å². The lowest BCUT2D eigenvalue weighted by Gasteiger charge is -2.44. The molecule has 0 radical (unpaired) electrons. The third-order valence-corrected chi connectivity index (χ3v) is 5.55. The van der Waals surface area contributed by atoms with Gasteiger partial charge in [-0.2, -0.15) is 0 Å². The number of fused-ring (bicyclic) bond motifs is 1. The molecule has 1 aromatic carbocycles. The Bertz CT molecular complexity index is 673. The molecule has 1 saturated heterocycles. The van der Waals surface area contributed by atoms with Gasteiger partial charge in [-0.1, -0.05) is 0 Å². The zero-order chi connectivity index (χ0) is 17.6. The van der Waals surface area contributed by atoms with E-state index in [1.165, 1.54) is 0 Å². The first kappa shape index (κ1) is 17.0. The number of carbonyl (C=O) groups excluding carboxylic acids is 2. The molecule has 1 unspecified atom stereocenters. The molecule has 1 aromatic rings. The largest absolute Gasteiger partial charge is 0.368 e. The van der Waals surface area contributed by atoms with Crippen LogP contribution in [-0.2, 0) is 11.2 Å². The number of piperazine rings is 1. The lowest BCUT2D eigenvalue weighted by atomic mass is 10.00. The Morgan fingerprint density at radius 2 is 1.67 bits per heavy atom. The third-order valence-electron chi connectivity index (χ3n) is 5.55. The first-order chi connectivity index (χ1) is 11.3. The van der Waals surface area contributed by atoms with Crippen LogP contribution in [0.1, 0.15) is 43.6 Å². The van der Waals surface area contributed by atoms with E-state index in [9.17, 15) is 9.59 Å². The summed E-state index contributed by atoms with van der Waals surface area (Å²) in [5.41, 5.74) is 3.83. The molecule has 0 aliphatic carbocycles. The number of likely N-dealkylation sites (N-methyl/N-ethyl adjacent to an activating group) is 1. The summed E-state index contributed by atoms with van der Waals surface area (Å²) in [4.78, 5) is 30.6. The molecule has 0 spiro atoms. The van der Waals surface area contributed by atoms with Gasteiger partial charge in [0.2, 0.25) is 5.91 Å². The molecule has 2 heterocycles. The van der Waals surface area contributed by atoms with E-state index >= 15 is 0 Å². The summed E-state index contributed by atoms with van der Waals surface area (Å²) in [6.07, 6.45) is 0.824. The molecule has 0 aromatic heterocycles. The molecule has 5 nitrogen and oxygen atoms in total. The van der Waals surface area contributed by atoms with Crippen molar-refractivity contribution in [1.29, 1.82) is 0 Å². The first-order valence-electron chi connectivity index (χ1n) is 8.72. The highest BCUT2D eigenvalue weighted by Crippen LogP contribution is 2.36. The monoisotopic (exact) mass is 329 g/mol. The summed E-state index contributed by atoms with van der Waals surface area (Å²) in [7, 11) is 2.15. The number of hydrogen-bond donors (Lipinski definition) is 0. The predicted molar refractivity (Wildman–Crippen MR) is 97.1 cm³/mol. The number of carbonyl (C=O) groups is 2. The molecular formula is C19H27N3O2. The molecule has 5 heteroatoms. The molecule has 2 aliphatic rings. The second-order valence-electron chi connectivity index (χ2n) is 7.24. The number of amides is 1. The molecule has 1 fully saturated rings. The molecule has 0 N–H and O–H groups in total. The summed E-state index contributed by atoms with van der Waals surface area (Å²) in [6, 6.07) is 4.91. The summed E-state index contributed by atoms with van der Waals surface area (Å²) < 4.78 is 0. The Morgan fingerprint density at radius 1 is 1.04 bits per heavy atom. The molecular weight excluding hydrogens is 302 g/mol. The average Bonchev–Trinajstić information content (AvgIpc) is 2.93. The van der Waals surface area contributed by atoms with Crippen LogP contribution < -0.4 is 9.80 Å². The van der Waals surface area contributed by atoms with E-state index < -0.39 is 0 Å². The van der Waals surface area contributed by atoms with Gasteiger partial charge in [-0.05, 0) is 51.9 Å². The summed E-state index contributed by atoms with van der Waals surface area (Å²) in [5, 5.41) is 0. The van der Waals surface area contributed by atoms with Gasteiger partial charge in [-0.3, -0.25) is 14.5 Å². The van der Waals surface area contributed by atoms with Crippen LogP contribution in [0, 0.1) is 0 Å². The minimum Gasteiger partial charge on any atom is -0.368 e. The van der Waals surface area contributed by atoms with Crippen LogP contribution >= 0.6 is 0 Å². The standard InChI is InChI=1S/C19H27N3O2/c1-12-10-21(11-13(2)20(12)5)19-9-18-16(8-17(19)14(3)23)6-7-22(18)15(4)24/h8-9,12-13H,6-7,10-11H2,1-5H3/t12-,13?/m0/s1. The molecule has 130 valence electrons. The van der Waals surface area contributed by atoms with Crippen LogP contribution in [0.4, 0.5) is 11.4 Å². The quantitative estimate of drug-likeness (QED) is 0.781. The lowest BCUT2D eigenvalue weighted by Crippen LogP contribution is -2.55. The Kier molecular flexibility index (Phi) is 4.38. The van der Waals surface area contributed by atoms with Crippen LogP contribution in [0.3, 0.4) is 0 Å². The van der Waals surface area contributed by atoms with Crippen molar-refractivity contribution in [1.82, 2.24) is 4.90 Å². The van der Waals surface area contributed by atoms with Gasteiger partial charge in [0, 0.05) is 55.6 Å². The van der Waals surface area contributed by atoms with Crippen molar-refractivity contribution in [3.63, 3.8) is 0 Å². The Morgan fingerprint density at radius 3 is 2.21 bits per heavy atom. The number of Topliss-reactive ketones (excluding diaryl/α,β-unsaturated/α-hetero) is 1. The smallest absolute Gasteiger partial charge is 0.223 e. The van der Waals surface area contributed by atoms with Crippen LogP contribution in [0.25, 0.3) is 0 Å². The van der Waals surface area contributed by atoms with Crippen LogP contribution in [0.15, 0.2) is 12.1 Å². The SMILES string of the molecule is CC(=O)c1cc2c(cc1N1CC(C)N(C)[C@@H](C)C1)N(C(C)=O)CC2. The predicted octanol–water partition coefficient (Wildman–Crippen LogP) is 2.33. The Hall–Kier alpha value is -1.88. The number of ketones is 1. The van der Waals surface area contributed by atoms with Crippen molar-refractivity contribution >= 4 is 23.1 Å². The van der Waals surface area contributed by atoms with E-state index in [1.807, 2.05) is 11.0 Å². The maximum atomic E-state index is 12.2. The molecule has 2 atom stereocenters. The van der Waals surface area contributed by atoms with E-state index in [0.29, 0.717) is 18.6 Å². The molecule has 3 rings (SSSR count). The molecule has 1 amide bonds. The van der Waals surface area contributed by atoms with Gasteiger partial charge in [0.15, 0.2) is 5.78 Å². The normalized spacial score (nSPS) is 24.2. The van der Waals surface area contributed by atoms with Gasteiger partial charge in [-0.25, -0.2) is 0 Å². The third kappa shape index (κ3) is 2.81. The second-order valence-corrected chi connectivity index (χ2v) is 7.24. The molecule has 24 heavy (non-hydrogen) atoms. The highest BCUT2D eigenvalue weighted by molar-refractivity contribution is 6.03. The van der Waals surface area contributed by atoms with Crippen molar-refractivity contribution in [2.75, 3.05) is 36.5 Å². The van der Waals surface area contributed by atoms with E-state index in [0.717, 1.165) is 42.0 Å². The van der Waals surface area contributed by atoms with Gasteiger partial charge in [-0.15, -0.1) is 0 Å². The average molecular weight is 329 g/mol. The lowest BCUT2D eigenvalue weighted by molar-refractivity contribution is -0.116. The number of anilines is 2. The number of rotatable bonds is 2. The zero-order valence-electron chi connectivity index (χ0n) is 15.3. The van der Waals surface area contributed by atoms with Crippen LogP contribution in [0.2, 0.25) is 0 Å². The first-order valence-corrected chi connectivity index (χ1v) is 8.72. The minimum atomic E-state index is 0.0652. The fourth-order valence-electron chi connectivity index (χ4n) is 3.90. The van der Waals surface area contributed by atoms with Gasteiger partial charge in [0.25, 0.3) is 0 Å². The van der Waals surface area contributed by atoms with Crippen molar-refractivity contribution in [2.24, 2.45) is 0 Å². The van der Waals surface area contributed by atoms with E-state index in [-0.39, 0.29) is 11.7 Å². The highest BCUT2D eigenvalue weighted by Gasteiger charge is 2.31. The van der Waals surface area contributed by atoms with Crippen molar-refractivity contribution in [3.05, 3.63) is 23.3 Å². The van der Waals surface area contributed by atoms with E-state index in [1.54, 1.807) is 13.8 Å². The summed E-state index contributed by atoms with van der Waals surface area (Å²) >= 11 is 0. The van der Waals surface area contributed by atoms with Gasteiger partial charge in [0.05, 0.1) is 0 Å². The van der Waals surface area contributed by atoms with Crippen molar-refractivity contribution in [3.8, 4) is 0 Å². The maximum Gasteiger partial charge on any atom is 0.223 e. The van der Waals surface area contributed by atoms with Crippen LogP contribution in [0.5, 0.6) is 0 Å². The van der Waals surface area contributed by atoms with Gasteiger partial charge < -0.3 is 9.80 Å². The van der Waals surface area contributed by atoms with Gasteiger partial charge in [0.1, 0.15) is 0 Å².